The Morgan fingerprint density at radius 3 is 2.68 bits per heavy atom. The molecule has 0 unspecified atom stereocenters. The first-order chi connectivity index (χ1) is 10.3. The molecule has 0 aliphatic heterocycles. The number of alkyl carbamates (subject to hydrolysis) is 1. The van der Waals surface area contributed by atoms with E-state index in [9.17, 15) is 4.79 Å². The molecule has 0 spiro atoms. The van der Waals surface area contributed by atoms with Gasteiger partial charge in [-0.1, -0.05) is 0 Å². The van der Waals surface area contributed by atoms with Gasteiger partial charge in [-0.15, -0.1) is 0 Å². The van der Waals surface area contributed by atoms with Crippen LogP contribution in [0.25, 0.3) is 0 Å². The molecule has 6 heteroatoms. The molecule has 0 heterocycles. The molecule has 0 aromatic heterocycles. The van der Waals surface area contributed by atoms with Crippen LogP contribution in [0, 0.1) is 11.3 Å². The van der Waals surface area contributed by atoms with Crippen molar-refractivity contribution in [3.8, 4) is 11.8 Å². The second kappa shape index (κ2) is 6.57. The number of nitriles is 1. The van der Waals surface area contributed by atoms with Crippen molar-refractivity contribution in [2.45, 2.75) is 51.4 Å². The SMILES string of the molecule is CC(C)(C)OC(=O)NC1CC(Oc2ccc(Br)c(C#N)c2)C1. The predicted molar refractivity (Wildman–Crippen MR) is 85.7 cm³/mol. The van der Waals surface area contributed by atoms with Crippen LogP contribution in [-0.4, -0.2) is 23.8 Å². The van der Waals surface area contributed by atoms with E-state index in [0.29, 0.717) is 11.3 Å². The Labute approximate surface area is 138 Å². The highest BCUT2D eigenvalue weighted by atomic mass is 79.9. The highest BCUT2D eigenvalue weighted by Gasteiger charge is 2.33. The Hall–Kier alpha value is -1.74. The summed E-state index contributed by atoms with van der Waals surface area (Å²) in [4.78, 5) is 11.6. The zero-order valence-electron chi connectivity index (χ0n) is 12.9. The van der Waals surface area contributed by atoms with Crippen LogP contribution in [0.4, 0.5) is 4.79 Å². The second-order valence-corrected chi connectivity index (χ2v) is 7.16. The Balaban J connectivity index is 1.78. The van der Waals surface area contributed by atoms with E-state index >= 15 is 0 Å². The number of rotatable bonds is 3. The van der Waals surface area contributed by atoms with Gasteiger partial charge in [-0.05, 0) is 54.9 Å². The molecule has 118 valence electrons. The summed E-state index contributed by atoms with van der Waals surface area (Å²) in [6.45, 7) is 5.50. The molecule has 0 bridgehead atoms. The van der Waals surface area contributed by atoms with Gasteiger partial charge >= 0.3 is 6.09 Å². The topological polar surface area (TPSA) is 71.3 Å². The van der Waals surface area contributed by atoms with Crippen LogP contribution in [0.15, 0.2) is 22.7 Å². The highest BCUT2D eigenvalue weighted by molar-refractivity contribution is 9.10. The third-order valence-corrected chi connectivity index (χ3v) is 3.87. The Morgan fingerprint density at radius 1 is 1.41 bits per heavy atom. The van der Waals surface area contributed by atoms with Crippen molar-refractivity contribution in [2.24, 2.45) is 0 Å². The molecule has 1 aliphatic rings. The van der Waals surface area contributed by atoms with E-state index in [0.717, 1.165) is 17.3 Å². The van der Waals surface area contributed by atoms with Crippen molar-refractivity contribution in [3.63, 3.8) is 0 Å². The third kappa shape index (κ3) is 4.63. The summed E-state index contributed by atoms with van der Waals surface area (Å²) in [5.41, 5.74) is 0.0507. The van der Waals surface area contributed by atoms with Crippen LogP contribution in [0.3, 0.4) is 0 Å². The van der Waals surface area contributed by atoms with Gasteiger partial charge in [0, 0.05) is 23.4 Å². The average molecular weight is 367 g/mol. The van der Waals surface area contributed by atoms with Gasteiger partial charge in [0.05, 0.1) is 5.56 Å². The minimum Gasteiger partial charge on any atom is -0.490 e. The van der Waals surface area contributed by atoms with E-state index < -0.39 is 11.7 Å². The number of hydrogen-bond acceptors (Lipinski definition) is 4. The number of halogens is 1. The second-order valence-electron chi connectivity index (χ2n) is 6.31. The van der Waals surface area contributed by atoms with Crippen molar-refractivity contribution >= 4 is 22.0 Å². The maximum absolute atomic E-state index is 11.6. The molecule has 1 aromatic carbocycles. The molecule has 1 fully saturated rings. The van der Waals surface area contributed by atoms with E-state index in [2.05, 4.69) is 27.3 Å². The molecule has 0 atom stereocenters. The molecular formula is C16H19BrN2O3. The highest BCUT2D eigenvalue weighted by Crippen LogP contribution is 2.28. The van der Waals surface area contributed by atoms with E-state index in [-0.39, 0.29) is 12.1 Å². The Bertz CT molecular complexity index is 598. The summed E-state index contributed by atoms with van der Waals surface area (Å²) in [6.07, 6.45) is 1.12. The lowest BCUT2D eigenvalue weighted by Gasteiger charge is -2.36. The van der Waals surface area contributed by atoms with Crippen LogP contribution in [0.5, 0.6) is 5.75 Å². The summed E-state index contributed by atoms with van der Waals surface area (Å²) in [6, 6.07) is 7.50. The number of amides is 1. The van der Waals surface area contributed by atoms with Crippen molar-refractivity contribution in [1.29, 1.82) is 5.26 Å². The summed E-state index contributed by atoms with van der Waals surface area (Å²) >= 11 is 3.31. The van der Waals surface area contributed by atoms with Crippen molar-refractivity contribution in [3.05, 3.63) is 28.2 Å². The zero-order chi connectivity index (χ0) is 16.3. The van der Waals surface area contributed by atoms with E-state index in [1.54, 1.807) is 12.1 Å². The minimum atomic E-state index is -0.491. The molecule has 1 aromatic rings. The summed E-state index contributed by atoms with van der Waals surface area (Å²) < 4.78 is 11.8. The van der Waals surface area contributed by atoms with Gasteiger partial charge in [-0.25, -0.2) is 4.79 Å². The maximum Gasteiger partial charge on any atom is 0.407 e. The molecular weight excluding hydrogens is 348 g/mol. The van der Waals surface area contributed by atoms with Crippen LogP contribution < -0.4 is 10.1 Å². The maximum atomic E-state index is 11.6. The summed E-state index contributed by atoms with van der Waals surface area (Å²) in [5, 5.41) is 11.8. The van der Waals surface area contributed by atoms with E-state index in [4.69, 9.17) is 14.7 Å². The number of carbonyl (C=O) groups is 1. The quantitative estimate of drug-likeness (QED) is 0.883. The fourth-order valence-corrected chi connectivity index (χ4v) is 2.45. The molecule has 0 saturated heterocycles. The molecule has 1 N–H and O–H groups in total. The normalized spacial score (nSPS) is 20.5. The number of benzene rings is 1. The van der Waals surface area contributed by atoms with Crippen molar-refractivity contribution < 1.29 is 14.3 Å². The lowest BCUT2D eigenvalue weighted by atomic mass is 9.89. The largest absolute Gasteiger partial charge is 0.490 e. The first kappa shape index (κ1) is 16.6. The van der Waals surface area contributed by atoms with Gasteiger partial charge in [0.2, 0.25) is 0 Å². The van der Waals surface area contributed by atoms with Gasteiger partial charge in [0.15, 0.2) is 0 Å². The van der Waals surface area contributed by atoms with Gasteiger partial charge in [0.25, 0.3) is 0 Å². The van der Waals surface area contributed by atoms with Gasteiger partial charge in [-0.2, -0.15) is 5.26 Å². The number of carbonyl (C=O) groups excluding carboxylic acids is 1. The van der Waals surface area contributed by atoms with Crippen LogP contribution in [-0.2, 0) is 4.74 Å². The molecule has 5 nitrogen and oxygen atoms in total. The smallest absolute Gasteiger partial charge is 0.407 e. The minimum absolute atomic E-state index is 0.0488. The van der Waals surface area contributed by atoms with Gasteiger partial charge < -0.3 is 14.8 Å². The van der Waals surface area contributed by atoms with Crippen LogP contribution >= 0.6 is 15.9 Å². The first-order valence-corrected chi connectivity index (χ1v) is 7.92. The standard InChI is InChI=1S/C16H19BrN2O3/c1-16(2,3)22-15(20)19-11-7-13(8-11)21-12-4-5-14(17)10(6-12)9-18/h4-6,11,13H,7-8H2,1-3H3,(H,19,20). The lowest BCUT2D eigenvalue weighted by Crippen LogP contribution is -2.50. The molecule has 1 aliphatic carbocycles. The Morgan fingerprint density at radius 2 is 2.09 bits per heavy atom. The van der Waals surface area contributed by atoms with Crippen LogP contribution in [0.1, 0.15) is 39.2 Å². The fraction of sp³-hybridized carbons (Fsp3) is 0.500. The van der Waals surface area contributed by atoms with Gasteiger partial charge in [-0.3, -0.25) is 0 Å². The fourth-order valence-electron chi connectivity index (χ4n) is 2.11. The van der Waals surface area contributed by atoms with Crippen molar-refractivity contribution in [2.75, 3.05) is 0 Å². The molecule has 22 heavy (non-hydrogen) atoms. The first-order valence-electron chi connectivity index (χ1n) is 7.12. The molecule has 1 saturated carbocycles. The predicted octanol–water partition coefficient (Wildman–Crippen LogP) is 3.76. The summed E-state index contributed by atoms with van der Waals surface area (Å²) in [7, 11) is 0. The van der Waals surface area contributed by atoms with Crippen LogP contribution in [0.2, 0.25) is 0 Å². The molecule has 0 radical (unpaired) electrons. The lowest BCUT2D eigenvalue weighted by molar-refractivity contribution is 0.0363. The zero-order valence-corrected chi connectivity index (χ0v) is 14.4. The molecule has 1 amide bonds. The number of hydrogen-bond donors (Lipinski definition) is 1. The average Bonchev–Trinajstić information content (AvgIpc) is 2.36. The monoisotopic (exact) mass is 366 g/mol. The summed E-state index contributed by atoms with van der Waals surface area (Å²) in [5.74, 6) is 0.667. The van der Waals surface area contributed by atoms with Gasteiger partial charge in [0.1, 0.15) is 23.5 Å². The Kier molecular flexibility index (Phi) is 4.97. The van der Waals surface area contributed by atoms with E-state index in [1.165, 1.54) is 0 Å². The molecule has 2 rings (SSSR count). The third-order valence-electron chi connectivity index (χ3n) is 3.18. The van der Waals surface area contributed by atoms with E-state index in [1.807, 2.05) is 26.8 Å². The number of nitrogens with zero attached hydrogens (tertiary/aromatic N) is 1. The number of nitrogens with one attached hydrogen (secondary N) is 1. The number of ether oxygens (including phenoxy) is 2. The van der Waals surface area contributed by atoms with Crippen molar-refractivity contribution in [1.82, 2.24) is 5.32 Å².